The van der Waals surface area contributed by atoms with Crippen LogP contribution in [0.15, 0.2) is 30.3 Å². The van der Waals surface area contributed by atoms with Gasteiger partial charge in [-0.1, -0.05) is 25.1 Å². The zero-order valence-electron chi connectivity index (χ0n) is 10.0. The van der Waals surface area contributed by atoms with E-state index in [-0.39, 0.29) is 12.1 Å². The highest BCUT2D eigenvalue weighted by molar-refractivity contribution is 5.89. The van der Waals surface area contributed by atoms with Crippen molar-refractivity contribution in [1.29, 1.82) is 0 Å². The molecule has 0 aliphatic heterocycles. The molecule has 0 radical (unpaired) electrons. The van der Waals surface area contributed by atoms with Crippen LogP contribution in [0.5, 0.6) is 0 Å². The van der Waals surface area contributed by atoms with Crippen molar-refractivity contribution in [3.63, 3.8) is 0 Å². The molecule has 3 nitrogen and oxygen atoms in total. The molecule has 0 heterocycles. The average Bonchev–Trinajstić information content (AvgIpc) is 2.34. The number of aliphatic hydroxyl groups excluding tert-OH is 1. The first-order valence-corrected chi connectivity index (χ1v) is 6.11. The van der Waals surface area contributed by atoms with E-state index >= 15 is 0 Å². The van der Waals surface area contributed by atoms with Crippen LogP contribution >= 0.6 is 0 Å². The molecule has 1 aliphatic carbocycles. The van der Waals surface area contributed by atoms with Gasteiger partial charge in [-0.2, -0.15) is 0 Å². The van der Waals surface area contributed by atoms with Crippen molar-refractivity contribution in [3.8, 4) is 0 Å². The Labute approximate surface area is 101 Å². The quantitative estimate of drug-likeness (QED) is 0.799. The van der Waals surface area contributed by atoms with Crippen molar-refractivity contribution in [2.45, 2.75) is 38.4 Å². The molecule has 0 aromatic heterocycles. The van der Waals surface area contributed by atoms with Crippen LogP contribution in [-0.2, 0) is 4.74 Å². The molecule has 0 spiro atoms. The Morgan fingerprint density at radius 1 is 1.29 bits per heavy atom. The van der Waals surface area contributed by atoms with Gasteiger partial charge in [-0.15, -0.1) is 0 Å². The van der Waals surface area contributed by atoms with Gasteiger partial charge in [-0.3, -0.25) is 0 Å². The summed E-state index contributed by atoms with van der Waals surface area (Å²) in [5, 5.41) is 9.86. The molecule has 1 fully saturated rings. The van der Waals surface area contributed by atoms with Gasteiger partial charge in [0.15, 0.2) is 0 Å². The molecule has 3 atom stereocenters. The Balaban J connectivity index is 1.95. The summed E-state index contributed by atoms with van der Waals surface area (Å²) in [4.78, 5) is 11.8. The number of ether oxygens (including phenoxy) is 1. The zero-order chi connectivity index (χ0) is 12.3. The molecule has 17 heavy (non-hydrogen) atoms. The molecule has 1 saturated carbocycles. The normalized spacial score (nSPS) is 28.7. The van der Waals surface area contributed by atoms with Crippen LogP contribution in [0.1, 0.15) is 36.5 Å². The third-order valence-electron chi connectivity index (χ3n) is 3.28. The Bertz CT molecular complexity index is 374. The monoisotopic (exact) mass is 234 g/mol. The lowest BCUT2D eigenvalue weighted by molar-refractivity contribution is -0.0453. The van der Waals surface area contributed by atoms with Crippen LogP contribution in [0.3, 0.4) is 0 Å². The number of esters is 1. The molecule has 2 rings (SSSR count). The van der Waals surface area contributed by atoms with Crippen LogP contribution in [0.2, 0.25) is 0 Å². The third kappa shape index (κ3) is 3.07. The minimum absolute atomic E-state index is 0.343. The number of carbonyl (C=O) groups excluding carboxylic acids is 1. The van der Waals surface area contributed by atoms with E-state index in [2.05, 4.69) is 6.92 Å². The number of carbonyl (C=O) groups is 1. The van der Waals surface area contributed by atoms with Crippen molar-refractivity contribution >= 4 is 5.97 Å². The van der Waals surface area contributed by atoms with Gasteiger partial charge in [0.1, 0.15) is 6.10 Å². The smallest absolute Gasteiger partial charge is 0.338 e. The fourth-order valence-corrected chi connectivity index (χ4v) is 2.24. The Morgan fingerprint density at radius 3 is 2.65 bits per heavy atom. The summed E-state index contributed by atoms with van der Waals surface area (Å²) in [6.45, 7) is 2.11. The molecule has 3 unspecified atom stereocenters. The number of hydrogen-bond acceptors (Lipinski definition) is 3. The predicted molar refractivity (Wildman–Crippen MR) is 64.7 cm³/mol. The van der Waals surface area contributed by atoms with Crippen molar-refractivity contribution < 1.29 is 14.6 Å². The van der Waals surface area contributed by atoms with Gasteiger partial charge in [-0.05, 0) is 37.3 Å². The lowest BCUT2D eigenvalue weighted by atomic mass is 9.86. The first kappa shape index (κ1) is 12.1. The van der Waals surface area contributed by atoms with E-state index in [1.165, 1.54) is 0 Å². The van der Waals surface area contributed by atoms with Crippen LogP contribution < -0.4 is 0 Å². The van der Waals surface area contributed by atoms with Gasteiger partial charge >= 0.3 is 5.97 Å². The highest BCUT2D eigenvalue weighted by atomic mass is 16.6. The lowest BCUT2D eigenvalue weighted by Gasteiger charge is -2.30. The highest BCUT2D eigenvalue weighted by Gasteiger charge is 2.30. The van der Waals surface area contributed by atoms with Crippen molar-refractivity contribution in [2.24, 2.45) is 5.92 Å². The second-order valence-electron chi connectivity index (χ2n) is 4.80. The van der Waals surface area contributed by atoms with Gasteiger partial charge < -0.3 is 9.84 Å². The molecule has 0 saturated heterocycles. The van der Waals surface area contributed by atoms with Gasteiger partial charge in [0.2, 0.25) is 0 Å². The topological polar surface area (TPSA) is 46.5 Å². The number of aliphatic hydroxyl groups is 1. The average molecular weight is 234 g/mol. The van der Waals surface area contributed by atoms with Gasteiger partial charge in [-0.25, -0.2) is 4.79 Å². The number of rotatable bonds is 2. The van der Waals surface area contributed by atoms with E-state index in [1.54, 1.807) is 24.3 Å². The van der Waals surface area contributed by atoms with E-state index in [9.17, 15) is 9.90 Å². The van der Waals surface area contributed by atoms with Crippen molar-refractivity contribution in [1.82, 2.24) is 0 Å². The van der Waals surface area contributed by atoms with Crippen LogP contribution in [0.25, 0.3) is 0 Å². The molecule has 0 amide bonds. The van der Waals surface area contributed by atoms with Gasteiger partial charge in [0.05, 0.1) is 11.7 Å². The SMILES string of the molecule is CC1CCC(OC(=O)c2ccccc2)C(O)C1. The maximum Gasteiger partial charge on any atom is 0.338 e. The standard InChI is InChI=1S/C14H18O3/c1-10-7-8-13(12(15)9-10)17-14(16)11-5-3-2-4-6-11/h2-6,10,12-13,15H,7-9H2,1H3. The second-order valence-corrected chi connectivity index (χ2v) is 4.80. The number of benzene rings is 1. The van der Waals surface area contributed by atoms with Crippen LogP contribution in [-0.4, -0.2) is 23.3 Å². The molecule has 92 valence electrons. The van der Waals surface area contributed by atoms with Crippen molar-refractivity contribution in [2.75, 3.05) is 0 Å². The fraction of sp³-hybridized carbons (Fsp3) is 0.500. The van der Waals surface area contributed by atoms with Crippen LogP contribution in [0.4, 0.5) is 0 Å². The molecule has 1 aliphatic rings. The van der Waals surface area contributed by atoms with E-state index in [0.29, 0.717) is 17.9 Å². The van der Waals surface area contributed by atoms with Gasteiger partial charge in [0.25, 0.3) is 0 Å². The fourth-order valence-electron chi connectivity index (χ4n) is 2.24. The minimum Gasteiger partial charge on any atom is -0.456 e. The first-order valence-electron chi connectivity index (χ1n) is 6.11. The minimum atomic E-state index is -0.522. The van der Waals surface area contributed by atoms with E-state index in [4.69, 9.17) is 4.74 Å². The maximum atomic E-state index is 11.8. The second kappa shape index (κ2) is 5.32. The van der Waals surface area contributed by atoms with Gasteiger partial charge in [0, 0.05) is 0 Å². The molecule has 3 heteroatoms. The summed E-state index contributed by atoms with van der Waals surface area (Å²) in [6.07, 6.45) is 1.60. The molecule has 1 N–H and O–H groups in total. The summed E-state index contributed by atoms with van der Waals surface area (Å²) < 4.78 is 5.35. The Hall–Kier alpha value is -1.35. The summed E-state index contributed by atoms with van der Waals surface area (Å²) in [7, 11) is 0. The molecular formula is C14H18O3. The Morgan fingerprint density at radius 2 is 2.00 bits per heavy atom. The molecule has 1 aromatic rings. The van der Waals surface area contributed by atoms with E-state index in [0.717, 1.165) is 12.8 Å². The third-order valence-corrected chi connectivity index (χ3v) is 3.28. The summed E-state index contributed by atoms with van der Waals surface area (Å²) in [5.74, 6) is 0.167. The zero-order valence-corrected chi connectivity index (χ0v) is 10.0. The molecule has 1 aromatic carbocycles. The number of hydrogen-bond donors (Lipinski definition) is 1. The Kier molecular flexibility index (Phi) is 3.79. The van der Waals surface area contributed by atoms with E-state index < -0.39 is 6.10 Å². The largest absolute Gasteiger partial charge is 0.456 e. The predicted octanol–water partition coefficient (Wildman–Crippen LogP) is 2.39. The molecular weight excluding hydrogens is 216 g/mol. The first-order chi connectivity index (χ1) is 8.16. The summed E-state index contributed by atoms with van der Waals surface area (Å²) in [6, 6.07) is 8.90. The summed E-state index contributed by atoms with van der Waals surface area (Å²) in [5.41, 5.74) is 0.540. The molecule has 0 bridgehead atoms. The van der Waals surface area contributed by atoms with Crippen LogP contribution in [0, 0.1) is 5.92 Å². The van der Waals surface area contributed by atoms with Crippen molar-refractivity contribution in [3.05, 3.63) is 35.9 Å². The maximum absolute atomic E-state index is 11.8. The summed E-state index contributed by atoms with van der Waals surface area (Å²) >= 11 is 0. The van der Waals surface area contributed by atoms with E-state index in [1.807, 2.05) is 6.07 Å². The highest BCUT2D eigenvalue weighted by Crippen LogP contribution is 2.26. The lowest BCUT2D eigenvalue weighted by Crippen LogP contribution is -2.36.